The van der Waals surface area contributed by atoms with E-state index in [0.29, 0.717) is 29.2 Å². The van der Waals surface area contributed by atoms with Gasteiger partial charge in [0.2, 0.25) is 5.75 Å². The van der Waals surface area contributed by atoms with Crippen molar-refractivity contribution < 1.29 is 24.1 Å². The Kier molecular flexibility index (Phi) is 7.70. The third kappa shape index (κ3) is 5.58. The molecule has 0 radical (unpaired) electrons. The summed E-state index contributed by atoms with van der Waals surface area (Å²) < 4.78 is 16.2. The molecule has 0 saturated heterocycles. The van der Waals surface area contributed by atoms with Crippen LogP contribution >= 0.6 is 0 Å². The van der Waals surface area contributed by atoms with Gasteiger partial charge < -0.3 is 19.3 Å². The molecule has 0 bridgehead atoms. The average molecular weight is 431 g/mol. The van der Waals surface area contributed by atoms with E-state index in [1.54, 1.807) is 39.5 Å². The lowest BCUT2D eigenvalue weighted by Crippen LogP contribution is -1.95. The van der Waals surface area contributed by atoms with Gasteiger partial charge in [0.15, 0.2) is 17.3 Å². The highest BCUT2D eigenvalue weighted by Crippen LogP contribution is 2.38. The largest absolute Gasteiger partial charge is 0.508 e. The molecule has 0 aliphatic heterocycles. The molecular formula is C27H26O5. The molecule has 3 aromatic carbocycles. The van der Waals surface area contributed by atoms with Crippen LogP contribution in [-0.4, -0.2) is 32.2 Å². The molecule has 3 rings (SSSR count). The maximum atomic E-state index is 12.3. The van der Waals surface area contributed by atoms with Gasteiger partial charge in [0.1, 0.15) is 5.75 Å². The Balaban J connectivity index is 1.77. The molecule has 3 aromatic rings. The number of hydrogen-bond acceptors (Lipinski definition) is 5. The minimum atomic E-state index is -0.101. The lowest BCUT2D eigenvalue weighted by Gasteiger charge is -2.13. The average Bonchev–Trinajstić information content (AvgIpc) is 2.82. The van der Waals surface area contributed by atoms with Gasteiger partial charge in [-0.25, -0.2) is 0 Å². The number of carbonyl (C=O) groups excluding carboxylic acids is 1. The number of phenolic OH excluding ortho intramolecular Hbond substituents is 1. The van der Waals surface area contributed by atoms with Crippen molar-refractivity contribution in [1.29, 1.82) is 0 Å². The van der Waals surface area contributed by atoms with E-state index in [4.69, 9.17) is 14.2 Å². The van der Waals surface area contributed by atoms with Crippen molar-refractivity contribution >= 4 is 17.9 Å². The molecule has 0 fully saturated rings. The topological polar surface area (TPSA) is 65.0 Å². The Morgan fingerprint density at radius 1 is 0.875 bits per heavy atom. The van der Waals surface area contributed by atoms with Crippen molar-refractivity contribution in [2.45, 2.75) is 6.42 Å². The molecule has 0 atom stereocenters. The van der Waals surface area contributed by atoms with E-state index in [1.807, 2.05) is 54.6 Å². The summed E-state index contributed by atoms with van der Waals surface area (Å²) in [4.78, 5) is 12.3. The molecule has 5 nitrogen and oxygen atoms in total. The van der Waals surface area contributed by atoms with Crippen molar-refractivity contribution in [2.75, 3.05) is 21.3 Å². The fourth-order valence-electron chi connectivity index (χ4n) is 3.28. The summed E-state index contributed by atoms with van der Waals surface area (Å²) >= 11 is 0. The van der Waals surface area contributed by atoms with Gasteiger partial charge in [-0.1, -0.05) is 42.5 Å². The first-order valence-corrected chi connectivity index (χ1v) is 10.1. The quantitative estimate of drug-likeness (QED) is 0.273. The smallest absolute Gasteiger partial charge is 0.203 e. The predicted octanol–water partition coefficient (Wildman–Crippen LogP) is 5.57. The first-order valence-electron chi connectivity index (χ1n) is 10.1. The number of methoxy groups -OCH3 is 3. The van der Waals surface area contributed by atoms with Gasteiger partial charge in [0, 0.05) is 5.56 Å². The van der Waals surface area contributed by atoms with Gasteiger partial charge >= 0.3 is 0 Å². The second-order valence-corrected chi connectivity index (χ2v) is 7.01. The summed E-state index contributed by atoms with van der Waals surface area (Å²) in [7, 11) is 4.75. The lowest BCUT2D eigenvalue weighted by molar-refractivity contribution is 0.104. The number of allylic oxidation sites excluding steroid dienone is 2. The monoisotopic (exact) mass is 430 g/mol. The SMILES string of the molecule is COc1cc(/C=C\c2ccccc2C/C=C\C(=O)c2ccc(O)cc2)cc(OC)c1OC. The fourth-order valence-corrected chi connectivity index (χ4v) is 3.28. The molecule has 5 heteroatoms. The van der Waals surface area contributed by atoms with Crippen molar-refractivity contribution in [3.05, 3.63) is 95.1 Å². The van der Waals surface area contributed by atoms with Crippen molar-refractivity contribution in [2.24, 2.45) is 0 Å². The number of phenols is 1. The highest BCUT2D eigenvalue weighted by atomic mass is 16.5. The van der Waals surface area contributed by atoms with Gasteiger partial charge in [0.25, 0.3) is 0 Å². The third-order valence-corrected chi connectivity index (χ3v) is 4.96. The normalized spacial score (nSPS) is 11.1. The van der Waals surface area contributed by atoms with Gasteiger partial charge in [-0.3, -0.25) is 4.79 Å². The fraction of sp³-hybridized carbons (Fsp3) is 0.148. The van der Waals surface area contributed by atoms with Crippen LogP contribution in [0.5, 0.6) is 23.0 Å². The van der Waals surface area contributed by atoms with Gasteiger partial charge in [0.05, 0.1) is 21.3 Å². The number of carbonyl (C=O) groups is 1. The van der Waals surface area contributed by atoms with E-state index in [-0.39, 0.29) is 11.5 Å². The van der Waals surface area contributed by atoms with Crippen LogP contribution in [0.25, 0.3) is 12.2 Å². The van der Waals surface area contributed by atoms with Crippen LogP contribution in [0.4, 0.5) is 0 Å². The minimum absolute atomic E-state index is 0.101. The highest BCUT2D eigenvalue weighted by Gasteiger charge is 2.12. The summed E-state index contributed by atoms with van der Waals surface area (Å²) in [6, 6.07) is 18.0. The van der Waals surface area contributed by atoms with E-state index >= 15 is 0 Å². The molecule has 0 unspecified atom stereocenters. The summed E-state index contributed by atoms with van der Waals surface area (Å²) in [5.41, 5.74) is 3.58. The summed E-state index contributed by atoms with van der Waals surface area (Å²) in [6.07, 6.45) is 8.02. The first-order chi connectivity index (χ1) is 15.5. The van der Waals surface area contributed by atoms with Gasteiger partial charge in [-0.15, -0.1) is 0 Å². The number of benzene rings is 3. The number of ketones is 1. The number of aromatic hydroxyl groups is 1. The van der Waals surface area contributed by atoms with E-state index in [2.05, 4.69) is 0 Å². The molecule has 0 aliphatic carbocycles. The summed E-state index contributed by atoms with van der Waals surface area (Å²) in [5, 5.41) is 9.36. The Bertz CT molecular complexity index is 1100. The van der Waals surface area contributed by atoms with E-state index in [0.717, 1.165) is 16.7 Å². The zero-order chi connectivity index (χ0) is 22.9. The molecule has 0 spiro atoms. The molecule has 164 valence electrons. The molecule has 0 amide bonds. The molecule has 0 heterocycles. The van der Waals surface area contributed by atoms with Crippen LogP contribution in [0.15, 0.2) is 72.8 Å². The molecule has 32 heavy (non-hydrogen) atoms. The van der Waals surface area contributed by atoms with Crippen LogP contribution < -0.4 is 14.2 Å². The van der Waals surface area contributed by atoms with Crippen LogP contribution in [0.2, 0.25) is 0 Å². The molecule has 1 N–H and O–H groups in total. The van der Waals surface area contributed by atoms with Crippen LogP contribution in [-0.2, 0) is 6.42 Å². The van der Waals surface area contributed by atoms with Gasteiger partial charge in [-0.2, -0.15) is 0 Å². The van der Waals surface area contributed by atoms with Gasteiger partial charge in [-0.05, 0) is 65.6 Å². The van der Waals surface area contributed by atoms with Crippen molar-refractivity contribution in [3.8, 4) is 23.0 Å². The zero-order valence-electron chi connectivity index (χ0n) is 18.4. The summed E-state index contributed by atoms with van der Waals surface area (Å²) in [6.45, 7) is 0. The van der Waals surface area contributed by atoms with E-state index in [1.165, 1.54) is 12.1 Å². The standard InChI is InChI=1S/C27H26O5/c1-30-25-17-19(18-26(31-2)27(25)32-3)11-12-21-8-5-4-7-20(21)9-6-10-24(29)22-13-15-23(28)16-14-22/h4-8,10-18,28H,9H2,1-3H3/b10-6-,12-11-. The van der Waals surface area contributed by atoms with Crippen LogP contribution in [0.3, 0.4) is 0 Å². The number of rotatable bonds is 9. The summed E-state index contributed by atoms with van der Waals surface area (Å²) in [5.74, 6) is 1.77. The molecule has 0 aromatic heterocycles. The first kappa shape index (κ1) is 22.7. The van der Waals surface area contributed by atoms with Crippen molar-refractivity contribution in [1.82, 2.24) is 0 Å². The second-order valence-electron chi connectivity index (χ2n) is 7.01. The predicted molar refractivity (Wildman–Crippen MR) is 127 cm³/mol. The Hall–Kier alpha value is -3.99. The zero-order valence-corrected chi connectivity index (χ0v) is 18.4. The molecular weight excluding hydrogens is 404 g/mol. The lowest BCUT2D eigenvalue weighted by atomic mass is 10.0. The number of ether oxygens (including phenoxy) is 3. The van der Waals surface area contributed by atoms with Crippen LogP contribution in [0, 0.1) is 0 Å². The Morgan fingerprint density at radius 3 is 2.16 bits per heavy atom. The Labute approximate surface area is 188 Å². The van der Waals surface area contributed by atoms with E-state index in [9.17, 15) is 9.90 Å². The molecule has 0 aliphatic rings. The molecule has 0 saturated carbocycles. The number of hydrogen-bond donors (Lipinski definition) is 1. The maximum absolute atomic E-state index is 12.3. The van der Waals surface area contributed by atoms with Crippen LogP contribution in [0.1, 0.15) is 27.0 Å². The second kappa shape index (κ2) is 10.9. The highest BCUT2D eigenvalue weighted by molar-refractivity contribution is 6.04. The third-order valence-electron chi connectivity index (χ3n) is 4.96. The van der Waals surface area contributed by atoms with Crippen molar-refractivity contribution in [3.63, 3.8) is 0 Å². The van der Waals surface area contributed by atoms with E-state index < -0.39 is 0 Å². The maximum Gasteiger partial charge on any atom is 0.203 e. The Morgan fingerprint density at radius 2 is 1.53 bits per heavy atom. The minimum Gasteiger partial charge on any atom is -0.508 e.